The first-order valence-electron chi connectivity index (χ1n) is 9.87. The number of rotatable bonds is 4. The second-order valence-corrected chi connectivity index (χ2v) is 8.30. The van der Waals surface area contributed by atoms with E-state index in [9.17, 15) is 9.59 Å². The summed E-state index contributed by atoms with van der Waals surface area (Å²) in [5, 5.41) is 1.67. The summed E-state index contributed by atoms with van der Waals surface area (Å²) in [4.78, 5) is 34.3. The molecule has 7 heteroatoms. The number of methoxy groups -OCH3 is 1. The maximum atomic E-state index is 13.6. The molecule has 0 aliphatic carbocycles. The Balaban J connectivity index is 1.61. The number of anilines is 2. The van der Waals surface area contributed by atoms with E-state index < -0.39 is 18.1 Å². The monoisotopic (exact) mass is 478 g/mol. The van der Waals surface area contributed by atoms with Crippen LogP contribution in [0.15, 0.2) is 83.3 Å². The van der Waals surface area contributed by atoms with Crippen molar-refractivity contribution < 1.29 is 19.2 Å². The minimum atomic E-state index is -0.911. The summed E-state index contributed by atoms with van der Waals surface area (Å²) >= 11 is 3.39. The standard InChI is InChI=1S/C24H19BrN2O4/c1-30-19-10-6-5-9-18(19)21-20-22(31-27(21)17-7-3-2-4-8-17)24(29)26(23(20)28)16-13-11-15(25)12-14-16/h2-14,20-22H,1H3/t20-,21+,22+/m0/s1. The van der Waals surface area contributed by atoms with Crippen LogP contribution in [0.2, 0.25) is 0 Å². The van der Waals surface area contributed by atoms with E-state index in [2.05, 4.69) is 15.9 Å². The number of hydrogen-bond acceptors (Lipinski definition) is 5. The molecule has 6 nitrogen and oxygen atoms in total. The van der Waals surface area contributed by atoms with Gasteiger partial charge in [0.25, 0.3) is 5.91 Å². The van der Waals surface area contributed by atoms with Gasteiger partial charge in [-0.1, -0.05) is 52.3 Å². The van der Waals surface area contributed by atoms with E-state index in [-0.39, 0.29) is 11.8 Å². The van der Waals surface area contributed by atoms with Crippen LogP contribution in [0, 0.1) is 5.92 Å². The van der Waals surface area contributed by atoms with Crippen LogP contribution in [-0.4, -0.2) is 25.0 Å². The van der Waals surface area contributed by atoms with Gasteiger partial charge in [-0.25, -0.2) is 9.96 Å². The normalized spacial score (nSPS) is 22.7. The number of carbonyl (C=O) groups excluding carboxylic acids is 2. The van der Waals surface area contributed by atoms with Crippen LogP contribution in [0.5, 0.6) is 5.75 Å². The summed E-state index contributed by atoms with van der Waals surface area (Å²) in [5.74, 6) is -0.713. The van der Waals surface area contributed by atoms with Crippen LogP contribution in [0.1, 0.15) is 11.6 Å². The largest absolute Gasteiger partial charge is 0.496 e. The van der Waals surface area contributed by atoms with Crippen molar-refractivity contribution in [3.8, 4) is 5.75 Å². The van der Waals surface area contributed by atoms with E-state index in [1.54, 1.807) is 36.4 Å². The Hall–Kier alpha value is -3.16. The van der Waals surface area contributed by atoms with Crippen molar-refractivity contribution in [2.45, 2.75) is 12.1 Å². The van der Waals surface area contributed by atoms with Crippen LogP contribution >= 0.6 is 15.9 Å². The highest BCUT2D eigenvalue weighted by Crippen LogP contribution is 2.49. The number of para-hydroxylation sites is 2. The Bertz CT molecular complexity index is 1140. The third kappa shape index (κ3) is 3.21. The maximum Gasteiger partial charge on any atom is 0.266 e. The van der Waals surface area contributed by atoms with Crippen LogP contribution < -0.4 is 14.7 Å². The number of hydrogen-bond donors (Lipinski definition) is 0. The Labute approximate surface area is 188 Å². The molecule has 0 saturated carbocycles. The second kappa shape index (κ2) is 7.83. The fourth-order valence-electron chi connectivity index (χ4n) is 4.28. The molecule has 3 aromatic rings. The number of benzene rings is 3. The average Bonchev–Trinajstić information content (AvgIpc) is 3.31. The third-order valence-electron chi connectivity index (χ3n) is 5.67. The van der Waals surface area contributed by atoms with E-state index >= 15 is 0 Å². The summed E-state index contributed by atoms with van der Waals surface area (Å²) in [5.41, 5.74) is 2.09. The van der Waals surface area contributed by atoms with E-state index in [4.69, 9.17) is 9.57 Å². The molecule has 2 amide bonds. The number of hydroxylamine groups is 1. The third-order valence-corrected chi connectivity index (χ3v) is 6.20. The van der Waals surface area contributed by atoms with Gasteiger partial charge in [0.1, 0.15) is 11.7 Å². The molecular weight excluding hydrogens is 460 g/mol. The minimum Gasteiger partial charge on any atom is -0.496 e. The lowest BCUT2D eigenvalue weighted by Gasteiger charge is -2.29. The van der Waals surface area contributed by atoms with Gasteiger partial charge in [-0.15, -0.1) is 0 Å². The van der Waals surface area contributed by atoms with Crippen molar-refractivity contribution in [1.29, 1.82) is 0 Å². The number of fused-ring (bicyclic) bond motifs is 1. The zero-order valence-electron chi connectivity index (χ0n) is 16.6. The molecule has 3 atom stereocenters. The first-order chi connectivity index (χ1) is 15.1. The second-order valence-electron chi connectivity index (χ2n) is 7.39. The minimum absolute atomic E-state index is 0.286. The highest BCUT2D eigenvalue weighted by molar-refractivity contribution is 9.10. The summed E-state index contributed by atoms with van der Waals surface area (Å²) in [6.45, 7) is 0. The zero-order chi connectivity index (χ0) is 21.5. The highest BCUT2D eigenvalue weighted by atomic mass is 79.9. The fourth-order valence-corrected chi connectivity index (χ4v) is 4.55. The van der Waals surface area contributed by atoms with E-state index in [1.807, 2.05) is 54.6 Å². The summed E-state index contributed by atoms with van der Waals surface area (Å²) in [6.07, 6.45) is -0.911. The Morgan fingerprint density at radius 1 is 0.839 bits per heavy atom. The predicted molar refractivity (Wildman–Crippen MR) is 120 cm³/mol. The van der Waals surface area contributed by atoms with Gasteiger partial charge in [-0.05, 0) is 42.5 Å². The Morgan fingerprint density at radius 3 is 2.23 bits per heavy atom. The van der Waals surface area contributed by atoms with Crippen molar-refractivity contribution in [1.82, 2.24) is 0 Å². The highest BCUT2D eigenvalue weighted by Gasteiger charge is 2.60. The molecule has 2 saturated heterocycles. The molecule has 0 radical (unpaired) electrons. The molecule has 2 aliphatic heterocycles. The number of imide groups is 1. The lowest BCUT2D eigenvalue weighted by Crippen LogP contribution is -2.37. The first kappa shape index (κ1) is 19.8. The van der Waals surface area contributed by atoms with Gasteiger partial charge in [0.05, 0.1) is 24.5 Å². The van der Waals surface area contributed by atoms with Crippen molar-refractivity contribution in [3.05, 3.63) is 88.9 Å². The van der Waals surface area contributed by atoms with Crippen LogP contribution in [0.3, 0.4) is 0 Å². The number of ether oxygens (including phenoxy) is 1. The van der Waals surface area contributed by atoms with E-state index in [0.29, 0.717) is 11.4 Å². The summed E-state index contributed by atoms with van der Waals surface area (Å²) in [6, 6.07) is 23.6. The molecule has 2 heterocycles. The fraction of sp³-hybridized carbons (Fsp3) is 0.167. The lowest BCUT2D eigenvalue weighted by molar-refractivity contribution is -0.126. The topological polar surface area (TPSA) is 59.1 Å². The zero-order valence-corrected chi connectivity index (χ0v) is 18.2. The number of carbonyl (C=O) groups is 2. The lowest BCUT2D eigenvalue weighted by atomic mass is 9.90. The SMILES string of the molecule is COc1ccccc1[C@@H]1[C@@H]2C(=O)N(c3ccc(Br)cc3)C(=O)[C@@H]2ON1c1ccccc1. The van der Waals surface area contributed by atoms with Crippen LogP contribution in [0.25, 0.3) is 0 Å². The van der Waals surface area contributed by atoms with Gasteiger partial charge < -0.3 is 4.74 Å². The molecule has 0 unspecified atom stereocenters. The van der Waals surface area contributed by atoms with Gasteiger partial charge >= 0.3 is 0 Å². The smallest absolute Gasteiger partial charge is 0.266 e. The molecule has 156 valence electrons. The van der Waals surface area contributed by atoms with Gasteiger partial charge in [0.2, 0.25) is 5.91 Å². The Kier molecular flexibility index (Phi) is 5.00. The molecule has 0 spiro atoms. The molecular formula is C24H19BrN2O4. The van der Waals surface area contributed by atoms with Crippen molar-refractivity contribution in [2.75, 3.05) is 17.1 Å². The van der Waals surface area contributed by atoms with Crippen molar-refractivity contribution in [3.63, 3.8) is 0 Å². The van der Waals surface area contributed by atoms with Crippen molar-refractivity contribution in [2.24, 2.45) is 5.92 Å². The maximum absolute atomic E-state index is 13.6. The van der Waals surface area contributed by atoms with E-state index in [1.165, 1.54) is 4.90 Å². The number of halogens is 1. The predicted octanol–water partition coefficient (Wildman–Crippen LogP) is 4.51. The molecule has 0 bridgehead atoms. The van der Waals surface area contributed by atoms with Gasteiger partial charge in [0, 0.05) is 10.0 Å². The van der Waals surface area contributed by atoms with Crippen LogP contribution in [-0.2, 0) is 14.4 Å². The molecule has 3 aromatic carbocycles. The molecule has 0 N–H and O–H groups in total. The summed E-state index contributed by atoms with van der Waals surface area (Å²) in [7, 11) is 1.59. The molecule has 31 heavy (non-hydrogen) atoms. The molecule has 5 rings (SSSR count). The van der Waals surface area contributed by atoms with Crippen LogP contribution in [0.4, 0.5) is 11.4 Å². The number of amides is 2. The van der Waals surface area contributed by atoms with Gasteiger partial charge in [0.15, 0.2) is 6.10 Å². The quantitative estimate of drug-likeness (QED) is 0.516. The first-order valence-corrected chi connectivity index (χ1v) is 10.7. The molecule has 2 aliphatic rings. The average molecular weight is 479 g/mol. The van der Waals surface area contributed by atoms with Gasteiger partial charge in [-0.3, -0.25) is 14.4 Å². The van der Waals surface area contributed by atoms with Crippen molar-refractivity contribution >= 4 is 39.1 Å². The van der Waals surface area contributed by atoms with Gasteiger partial charge in [-0.2, -0.15) is 0 Å². The molecule has 0 aromatic heterocycles. The Morgan fingerprint density at radius 2 is 1.52 bits per heavy atom. The molecule has 2 fully saturated rings. The van der Waals surface area contributed by atoms with E-state index in [0.717, 1.165) is 15.7 Å². The number of nitrogens with zero attached hydrogens (tertiary/aromatic N) is 2. The summed E-state index contributed by atoms with van der Waals surface area (Å²) < 4.78 is 6.45.